The van der Waals surface area contributed by atoms with Crippen molar-refractivity contribution in [1.29, 1.82) is 0 Å². The van der Waals surface area contributed by atoms with Crippen molar-refractivity contribution in [2.75, 3.05) is 12.0 Å². The third-order valence-corrected chi connectivity index (χ3v) is 5.29. The van der Waals surface area contributed by atoms with Crippen molar-refractivity contribution in [3.05, 3.63) is 87.8 Å². The van der Waals surface area contributed by atoms with Gasteiger partial charge < -0.3 is 20.5 Å². The molecule has 11 heteroatoms. The fourth-order valence-electron chi connectivity index (χ4n) is 3.23. The van der Waals surface area contributed by atoms with Crippen LogP contribution >= 0.6 is 11.6 Å². The third kappa shape index (κ3) is 5.98. The lowest BCUT2D eigenvalue weighted by molar-refractivity contribution is -0.118. The highest BCUT2D eigenvalue weighted by atomic mass is 35.5. The number of nitrogens with zero attached hydrogens (tertiary/aromatic N) is 2. The summed E-state index contributed by atoms with van der Waals surface area (Å²) in [6, 6.07) is 11.3. The number of pyridine rings is 1. The van der Waals surface area contributed by atoms with Crippen LogP contribution < -0.4 is 15.4 Å². The average molecular weight is 500 g/mol. The molecule has 35 heavy (non-hydrogen) atoms. The number of anilines is 1. The van der Waals surface area contributed by atoms with Crippen molar-refractivity contribution in [1.82, 2.24) is 4.98 Å². The molecule has 0 aliphatic carbocycles. The van der Waals surface area contributed by atoms with E-state index in [1.807, 2.05) is 0 Å². The lowest BCUT2D eigenvalue weighted by Crippen LogP contribution is -2.37. The lowest BCUT2D eigenvalue weighted by atomic mass is 9.97. The van der Waals surface area contributed by atoms with E-state index in [1.165, 1.54) is 54.6 Å². The highest BCUT2D eigenvalue weighted by molar-refractivity contribution is 6.30. The molecule has 1 aliphatic heterocycles. The maximum atomic E-state index is 13.3. The number of amides is 2. The predicted molar refractivity (Wildman–Crippen MR) is 124 cm³/mol. The lowest BCUT2D eigenvalue weighted by Gasteiger charge is -2.29. The minimum atomic E-state index is -1.15. The molecule has 0 saturated carbocycles. The number of halogens is 2. The number of hydrogen-bond acceptors (Lipinski definition) is 6. The summed E-state index contributed by atoms with van der Waals surface area (Å²) in [6.45, 7) is 0.103. The van der Waals surface area contributed by atoms with Crippen molar-refractivity contribution >= 4 is 40.9 Å². The highest BCUT2D eigenvalue weighted by Crippen LogP contribution is 2.31. The van der Waals surface area contributed by atoms with Gasteiger partial charge in [-0.2, -0.15) is 0 Å². The summed E-state index contributed by atoms with van der Waals surface area (Å²) in [5.74, 6) is -2.57. The number of aromatic carboxylic acids is 1. The Kier molecular flexibility index (Phi) is 7.77. The largest absolute Gasteiger partial charge is 0.481 e. The minimum absolute atomic E-state index is 0.0266. The van der Waals surface area contributed by atoms with Gasteiger partial charge in [0.1, 0.15) is 5.82 Å². The van der Waals surface area contributed by atoms with Crippen LogP contribution in [-0.2, 0) is 11.3 Å². The normalized spacial score (nSPS) is 12.4. The second kappa shape index (κ2) is 10.7. The van der Waals surface area contributed by atoms with Gasteiger partial charge in [0.15, 0.2) is 5.78 Å². The Morgan fingerprint density at radius 2 is 1.86 bits per heavy atom. The number of fused-ring (bicyclic) bond motifs is 1. The van der Waals surface area contributed by atoms with E-state index in [1.54, 1.807) is 12.1 Å². The van der Waals surface area contributed by atoms with Gasteiger partial charge in [0.2, 0.25) is 17.7 Å². The van der Waals surface area contributed by atoms with Crippen molar-refractivity contribution in [2.24, 2.45) is 5.73 Å². The number of carbonyl (C=O) groups excluding carboxylic acids is 3. The van der Waals surface area contributed by atoms with Gasteiger partial charge >= 0.3 is 5.97 Å². The molecule has 2 aromatic carbocycles. The van der Waals surface area contributed by atoms with Crippen molar-refractivity contribution in [2.45, 2.75) is 13.0 Å². The first kappa shape index (κ1) is 25.3. The number of carboxylic acids is 1. The molecule has 0 atom stereocenters. The number of primary amides is 1. The molecule has 4 rings (SSSR count). The zero-order chi connectivity index (χ0) is 25.7. The van der Waals surface area contributed by atoms with Gasteiger partial charge in [-0.1, -0.05) is 17.7 Å². The van der Waals surface area contributed by atoms with E-state index in [0.717, 1.165) is 0 Å². The highest BCUT2D eigenvalue weighted by Gasteiger charge is 2.30. The van der Waals surface area contributed by atoms with Crippen LogP contribution in [0.15, 0.2) is 54.7 Å². The maximum Gasteiger partial charge on any atom is 0.335 e. The number of aromatic nitrogens is 1. The van der Waals surface area contributed by atoms with Crippen LogP contribution in [0.25, 0.3) is 0 Å². The Hall–Kier alpha value is -4.31. The number of carboxylic acid groups (broad SMARTS) is 1. The number of nitrogens with two attached hydrogens (primary N) is 1. The molecule has 0 radical (unpaired) electrons. The number of Topliss-reactive ketones (excluding diaryl/α,β-unsaturated/α-hetero) is 1. The molecule has 2 heterocycles. The maximum absolute atomic E-state index is 13.3. The molecular weight excluding hydrogens is 481 g/mol. The number of methoxy groups -OCH3 is 1. The molecule has 0 spiro atoms. The molecular formula is C24H19ClFN3O6. The number of hydrogen-bond donors (Lipinski definition) is 2. The summed E-state index contributed by atoms with van der Waals surface area (Å²) in [6.07, 6.45) is 1.03. The van der Waals surface area contributed by atoms with E-state index >= 15 is 0 Å². The van der Waals surface area contributed by atoms with Crippen LogP contribution in [0.3, 0.4) is 0 Å². The first-order valence-electron chi connectivity index (χ1n) is 10.1. The Morgan fingerprint density at radius 1 is 1.14 bits per heavy atom. The molecule has 0 saturated heterocycles. The van der Waals surface area contributed by atoms with Crippen molar-refractivity contribution < 1.29 is 33.4 Å². The van der Waals surface area contributed by atoms with E-state index in [0.29, 0.717) is 22.7 Å². The Labute approximate surface area is 203 Å². The fraction of sp³-hybridized carbons (Fsp3) is 0.125. The number of ether oxygens (including phenoxy) is 1. The zero-order valence-corrected chi connectivity index (χ0v) is 19.1. The topological polar surface area (TPSA) is 140 Å². The summed E-state index contributed by atoms with van der Waals surface area (Å²) >= 11 is 5.75. The molecule has 0 unspecified atom stereocenters. The summed E-state index contributed by atoms with van der Waals surface area (Å²) < 4.78 is 18.0. The van der Waals surface area contributed by atoms with Crippen LogP contribution in [0.5, 0.6) is 5.88 Å². The van der Waals surface area contributed by atoms with Gasteiger partial charge in [-0.25, -0.2) is 14.2 Å². The second-order valence-electron chi connectivity index (χ2n) is 7.32. The summed E-state index contributed by atoms with van der Waals surface area (Å²) in [4.78, 5) is 51.0. The quantitative estimate of drug-likeness (QED) is 0.512. The molecule has 0 fully saturated rings. The van der Waals surface area contributed by atoms with Gasteiger partial charge in [-0.05, 0) is 42.0 Å². The monoisotopic (exact) mass is 499 g/mol. The smallest absolute Gasteiger partial charge is 0.335 e. The number of carbonyl (C=O) groups is 4. The predicted octanol–water partition coefficient (Wildman–Crippen LogP) is 3.49. The van der Waals surface area contributed by atoms with Gasteiger partial charge in [-0.3, -0.25) is 14.4 Å². The summed E-state index contributed by atoms with van der Waals surface area (Å²) in [5, 5.41) is 8.98. The number of rotatable bonds is 5. The van der Waals surface area contributed by atoms with Gasteiger partial charge in [0.05, 0.1) is 41.9 Å². The van der Waals surface area contributed by atoms with Gasteiger partial charge in [0, 0.05) is 17.8 Å². The van der Waals surface area contributed by atoms with E-state index in [-0.39, 0.29) is 29.1 Å². The van der Waals surface area contributed by atoms with Crippen LogP contribution in [0.4, 0.5) is 10.1 Å². The SMILES string of the molecule is COc1ccc(C(N)=O)cn1.O=C(O)c1ccc2c(c1)C(=O)CC(=O)N2Cc1ccc(F)c(Cl)c1. The zero-order valence-electron chi connectivity index (χ0n) is 18.3. The van der Waals surface area contributed by atoms with Crippen molar-refractivity contribution in [3.8, 4) is 5.88 Å². The van der Waals surface area contributed by atoms with Crippen LogP contribution in [0.2, 0.25) is 5.02 Å². The number of ketones is 1. The average Bonchev–Trinajstić information content (AvgIpc) is 2.84. The van der Waals surface area contributed by atoms with Crippen LogP contribution in [-0.4, -0.2) is 40.8 Å². The molecule has 3 aromatic rings. The van der Waals surface area contributed by atoms with Crippen LogP contribution in [0, 0.1) is 5.82 Å². The Morgan fingerprint density at radius 3 is 2.43 bits per heavy atom. The molecule has 1 aliphatic rings. The summed E-state index contributed by atoms with van der Waals surface area (Å²) in [7, 11) is 1.51. The molecule has 180 valence electrons. The first-order chi connectivity index (χ1) is 16.6. The molecule has 0 bridgehead atoms. The summed E-state index contributed by atoms with van der Waals surface area (Å²) in [5.41, 5.74) is 6.45. The van der Waals surface area contributed by atoms with E-state index in [2.05, 4.69) is 4.98 Å². The Balaban J connectivity index is 0.000000261. The molecule has 1 aromatic heterocycles. The van der Waals surface area contributed by atoms with E-state index < -0.39 is 29.4 Å². The fourth-order valence-corrected chi connectivity index (χ4v) is 3.43. The minimum Gasteiger partial charge on any atom is -0.481 e. The molecule has 3 N–H and O–H groups in total. The van der Waals surface area contributed by atoms with Crippen LogP contribution in [0.1, 0.15) is 43.1 Å². The van der Waals surface area contributed by atoms with E-state index in [4.69, 9.17) is 27.2 Å². The number of benzene rings is 2. The molecule has 9 nitrogen and oxygen atoms in total. The Bertz CT molecular complexity index is 1310. The van der Waals surface area contributed by atoms with Crippen molar-refractivity contribution in [3.63, 3.8) is 0 Å². The van der Waals surface area contributed by atoms with Gasteiger partial charge in [-0.15, -0.1) is 0 Å². The first-order valence-corrected chi connectivity index (χ1v) is 10.4. The third-order valence-electron chi connectivity index (χ3n) is 5.00. The standard InChI is InChI=1S/C17H11ClFNO4.C7H8N2O2/c18-12-5-9(1-3-13(12)19)8-20-14-4-2-10(17(23)24)6-11(14)15(21)7-16(20)22;1-11-6-3-2-5(4-9-6)7(8)10/h1-6H,7-8H2,(H,23,24);2-4H,1H3,(H2,8,10). The molecule has 2 amide bonds. The van der Waals surface area contributed by atoms with Gasteiger partial charge in [0.25, 0.3) is 0 Å². The second-order valence-corrected chi connectivity index (χ2v) is 7.73. The van der Waals surface area contributed by atoms with E-state index in [9.17, 15) is 23.6 Å².